The molecule has 2 saturated heterocycles. The molecular formula is C24H30N4O3. The molecule has 0 aliphatic carbocycles. The number of para-hydroxylation sites is 1. The van der Waals surface area contributed by atoms with E-state index in [0.717, 1.165) is 23.2 Å². The molecule has 31 heavy (non-hydrogen) atoms. The lowest BCUT2D eigenvalue weighted by Crippen LogP contribution is -2.26. The number of aromatic amines is 1. The zero-order valence-electron chi connectivity index (χ0n) is 17.8. The van der Waals surface area contributed by atoms with Crippen LogP contribution in [-0.2, 0) is 9.53 Å². The first-order chi connectivity index (χ1) is 14.9. The van der Waals surface area contributed by atoms with Gasteiger partial charge in [0.1, 0.15) is 11.6 Å². The highest BCUT2D eigenvalue weighted by molar-refractivity contribution is 5.88. The summed E-state index contributed by atoms with van der Waals surface area (Å²) in [7, 11) is 0. The zero-order chi connectivity index (χ0) is 22.1. The van der Waals surface area contributed by atoms with Crippen LogP contribution in [0.4, 0.5) is 5.82 Å². The van der Waals surface area contributed by atoms with E-state index in [4.69, 9.17) is 16.2 Å². The Hall–Kier alpha value is -3.19. The number of ether oxygens (including phenoxy) is 1. The van der Waals surface area contributed by atoms with E-state index in [1.807, 2.05) is 17.0 Å². The summed E-state index contributed by atoms with van der Waals surface area (Å²) in [5.41, 5.74) is 16.8. The van der Waals surface area contributed by atoms with E-state index in [9.17, 15) is 9.90 Å². The minimum Gasteiger partial charge on any atom is -0.507 e. The topological polar surface area (TPSA) is 118 Å². The molecule has 3 atom stereocenters. The van der Waals surface area contributed by atoms with Gasteiger partial charge in [-0.15, -0.1) is 0 Å². The van der Waals surface area contributed by atoms with Crippen LogP contribution in [0.3, 0.4) is 0 Å². The van der Waals surface area contributed by atoms with Crippen LogP contribution in [0.2, 0.25) is 0 Å². The van der Waals surface area contributed by atoms with Crippen LogP contribution in [-0.4, -0.2) is 47.2 Å². The van der Waals surface area contributed by atoms with Crippen LogP contribution in [0, 0.1) is 5.92 Å². The van der Waals surface area contributed by atoms with Crippen molar-refractivity contribution in [3.8, 4) is 5.75 Å². The number of hydrogen-bond acceptors (Lipinski definition) is 5. The van der Waals surface area contributed by atoms with Gasteiger partial charge in [0.15, 0.2) is 0 Å². The van der Waals surface area contributed by atoms with Crippen molar-refractivity contribution in [3.05, 3.63) is 59.3 Å². The van der Waals surface area contributed by atoms with Gasteiger partial charge in [-0.2, -0.15) is 0 Å². The van der Waals surface area contributed by atoms with Gasteiger partial charge in [0, 0.05) is 54.1 Å². The molecule has 4 rings (SSSR count). The number of aromatic hydroxyl groups is 1. The number of H-pyrrole nitrogens is 1. The number of rotatable bonds is 5. The molecule has 2 aliphatic heterocycles. The predicted molar refractivity (Wildman–Crippen MR) is 122 cm³/mol. The maximum atomic E-state index is 12.1. The number of nitrogens with two attached hydrogens (primary N) is 2. The summed E-state index contributed by atoms with van der Waals surface area (Å²) in [6.45, 7) is 8.40. The second-order valence-corrected chi connectivity index (χ2v) is 8.49. The second kappa shape index (κ2) is 8.51. The summed E-state index contributed by atoms with van der Waals surface area (Å²) >= 11 is 0. The molecule has 2 fully saturated rings. The summed E-state index contributed by atoms with van der Waals surface area (Å²) in [4.78, 5) is 17.3. The maximum Gasteiger partial charge on any atom is 0.245 e. The monoisotopic (exact) mass is 422 g/mol. The van der Waals surface area contributed by atoms with E-state index in [0.29, 0.717) is 49.3 Å². The van der Waals surface area contributed by atoms with Crippen LogP contribution in [0.5, 0.6) is 5.75 Å². The van der Waals surface area contributed by atoms with Crippen LogP contribution in [0.1, 0.15) is 47.6 Å². The number of benzene rings is 1. The van der Waals surface area contributed by atoms with Crippen molar-refractivity contribution in [3.63, 3.8) is 0 Å². The summed E-state index contributed by atoms with van der Waals surface area (Å²) in [6, 6.07) is 6.98. The number of carbonyl (C=O) groups is 1. The third-order valence-corrected chi connectivity index (χ3v) is 6.47. The summed E-state index contributed by atoms with van der Waals surface area (Å²) in [5, 5.41) is 10.2. The van der Waals surface area contributed by atoms with Gasteiger partial charge in [0.2, 0.25) is 5.91 Å². The molecule has 164 valence electrons. The van der Waals surface area contributed by atoms with Crippen molar-refractivity contribution in [2.75, 3.05) is 32.0 Å². The molecule has 0 spiro atoms. The molecule has 1 aromatic carbocycles. The summed E-state index contributed by atoms with van der Waals surface area (Å²) < 4.78 is 5.77. The lowest BCUT2D eigenvalue weighted by molar-refractivity contribution is -0.125. The highest BCUT2D eigenvalue weighted by atomic mass is 16.5. The maximum absolute atomic E-state index is 12.1. The number of nitrogen functional groups attached to an aromatic ring is 1. The third kappa shape index (κ3) is 3.93. The van der Waals surface area contributed by atoms with Gasteiger partial charge in [-0.1, -0.05) is 25.6 Å². The number of aromatic nitrogens is 1. The van der Waals surface area contributed by atoms with Gasteiger partial charge in [-0.25, -0.2) is 0 Å². The summed E-state index contributed by atoms with van der Waals surface area (Å²) in [6.07, 6.45) is 4.05. The number of nitrogens with zero attached hydrogens (tertiary/aromatic N) is 1. The Kier molecular flexibility index (Phi) is 5.78. The zero-order valence-corrected chi connectivity index (χ0v) is 17.8. The number of hydrogen-bond donors (Lipinski definition) is 4. The second-order valence-electron chi connectivity index (χ2n) is 8.49. The number of phenols is 1. The quantitative estimate of drug-likeness (QED) is 0.553. The Balaban J connectivity index is 1.77. The van der Waals surface area contributed by atoms with Crippen molar-refractivity contribution in [1.82, 2.24) is 9.88 Å². The van der Waals surface area contributed by atoms with Crippen LogP contribution in [0.25, 0.3) is 11.8 Å². The van der Waals surface area contributed by atoms with E-state index < -0.39 is 0 Å². The third-order valence-electron chi connectivity index (χ3n) is 6.47. The number of nitrogens with one attached hydrogen (secondary N) is 1. The highest BCUT2D eigenvalue weighted by Crippen LogP contribution is 2.43. The molecule has 1 amide bonds. The van der Waals surface area contributed by atoms with Gasteiger partial charge in [0.05, 0.1) is 6.61 Å². The number of anilines is 1. The highest BCUT2D eigenvalue weighted by Gasteiger charge is 2.36. The van der Waals surface area contributed by atoms with Gasteiger partial charge in [0.25, 0.3) is 0 Å². The molecule has 0 radical (unpaired) electrons. The Morgan fingerprint density at radius 1 is 1.35 bits per heavy atom. The van der Waals surface area contributed by atoms with E-state index in [1.54, 1.807) is 18.2 Å². The Bertz CT molecular complexity index is 1030. The van der Waals surface area contributed by atoms with E-state index in [1.165, 1.54) is 6.08 Å². The lowest BCUT2D eigenvalue weighted by Gasteiger charge is -2.20. The number of likely N-dealkylation sites (tertiary alicyclic amines) is 1. The first-order valence-corrected chi connectivity index (χ1v) is 10.7. The van der Waals surface area contributed by atoms with Crippen molar-refractivity contribution < 1.29 is 14.6 Å². The number of carbonyl (C=O) groups excluding carboxylic acids is 1. The SMILES string of the molecule is C=CC(=O)N1CCC(c2[nH]c(N)c(/C=C(\N)c3ccccc3O)c2C2COCC2C)C1. The van der Waals surface area contributed by atoms with E-state index >= 15 is 0 Å². The molecule has 2 aliphatic rings. The molecule has 2 aromatic rings. The standard InChI is InChI=1S/C24H30N4O3/c1-3-21(30)28-9-8-15(11-28)23-22(18-13-31-12-14(18)2)17(24(26)27-23)10-19(25)16-6-4-5-7-20(16)29/h3-7,10,14-15,18,27,29H,1,8-9,11-13,25-26H2,2H3/b19-10-. The van der Waals surface area contributed by atoms with Crippen molar-refractivity contribution in [2.24, 2.45) is 11.7 Å². The Morgan fingerprint density at radius 3 is 2.81 bits per heavy atom. The fourth-order valence-electron chi connectivity index (χ4n) is 4.75. The smallest absolute Gasteiger partial charge is 0.245 e. The molecule has 3 unspecified atom stereocenters. The molecular weight excluding hydrogens is 392 g/mol. The van der Waals surface area contributed by atoms with Crippen molar-refractivity contribution in [2.45, 2.75) is 25.2 Å². The fourth-order valence-corrected chi connectivity index (χ4v) is 4.75. The molecule has 3 heterocycles. The molecule has 0 bridgehead atoms. The summed E-state index contributed by atoms with van der Waals surface area (Å²) in [5.74, 6) is 1.28. The normalized spacial score (nSPS) is 24.0. The average molecular weight is 423 g/mol. The first-order valence-electron chi connectivity index (χ1n) is 10.7. The van der Waals surface area contributed by atoms with Gasteiger partial charge < -0.3 is 31.2 Å². The van der Waals surface area contributed by atoms with E-state index in [-0.39, 0.29) is 23.5 Å². The van der Waals surface area contributed by atoms with E-state index in [2.05, 4.69) is 18.5 Å². The minimum absolute atomic E-state index is 0.0509. The first kappa shape index (κ1) is 21.1. The molecule has 7 nitrogen and oxygen atoms in total. The molecule has 6 N–H and O–H groups in total. The van der Waals surface area contributed by atoms with Crippen molar-refractivity contribution in [1.29, 1.82) is 0 Å². The van der Waals surface area contributed by atoms with Crippen LogP contribution < -0.4 is 11.5 Å². The largest absolute Gasteiger partial charge is 0.507 e. The van der Waals surface area contributed by atoms with Crippen LogP contribution >= 0.6 is 0 Å². The fraction of sp³-hybridized carbons (Fsp3) is 0.375. The molecule has 7 heteroatoms. The number of amides is 1. The van der Waals surface area contributed by atoms with Gasteiger partial charge >= 0.3 is 0 Å². The van der Waals surface area contributed by atoms with Gasteiger partial charge in [-0.3, -0.25) is 4.79 Å². The Morgan fingerprint density at radius 2 is 2.13 bits per heavy atom. The molecule has 0 saturated carbocycles. The molecule has 1 aromatic heterocycles. The van der Waals surface area contributed by atoms with Crippen LogP contribution in [0.15, 0.2) is 36.9 Å². The minimum atomic E-state index is -0.0509. The Labute approximate surface area is 182 Å². The van der Waals surface area contributed by atoms with Crippen molar-refractivity contribution >= 4 is 23.5 Å². The number of phenolic OH excluding ortho intramolecular Hbond substituents is 1. The predicted octanol–water partition coefficient (Wildman–Crippen LogP) is 3.01. The van der Waals surface area contributed by atoms with Gasteiger partial charge in [-0.05, 0) is 42.2 Å². The lowest BCUT2D eigenvalue weighted by atomic mass is 9.84. The average Bonchev–Trinajstić information content (AvgIpc) is 3.47.